The summed E-state index contributed by atoms with van der Waals surface area (Å²) in [6.07, 6.45) is 0. The lowest BCUT2D eigenvalue weighted by Gasteiger charge is -2.16. The summed E-state index contributed by atoms with van der Waals surface area (Å²) in [6.45, 7) is 0. The standard InChI is InChI=1S/C4H12N.C2H7O4P/c1-5(2,3)4;1-5-7(3,4)6-2/h1-4H3;1-2H3,(H,3,4)/q+1;/p-1. The molecule has 0 aliphatic carbocycles. The van der Waals surface area contributed by atoms with Crippen molar-refractivity contribution < 1.29 is 23.0 Å². The first-order valence-electron chi connectivity index (χ1n) is 3.34. The zero-order chi connectivity index (χ0) is 10.4. The van der Waals surface area contributed by atoms with Crippen molar-refractivity contribution in [1.29, 1.82) is 0 Å². The minimum atomic E-state index is -3.90. The third kappa shape index (κ3) is 22.5. The third-order valence-electron chi connectivity index (χ3n) is 0.447. The highest BCUT2D eigenvalue weighted by Crippen LogP contribution is 2.34. The van der Waals surface area contributed by atoms with Crippen LogP contribution in [0.5, 0.6) is 0 Å². The van der Waals surface area contributed by atoms with E-state index < -0.39 is 7.82 Å². The van der Waals surface area contributed by atoms with Gasteiger partial charge in [0.25, 0.3) is 7.82 Å². The van der Waals surface area contributed by atoms with E-state index in [1.807, 2.05) is 0 Å². The molecule has 0 rings (SSSR count). The van der Waals surface area contributed by atoms with Gasteiger partial charge in [-0.05, 0) is 0 Å². The molecule has 0 aliphatic rings. The van der Waals surface area contributed by atoms with Crippen LogP contribution in [0.1, 0.15) is 0 Å². The lowest BCUT2D eigenvalue weighted by atomic mass is 10.8. The van der Waals surface area contributed by atoms with Gasteiger partial charge >= 0.3 is 0 Å². The number of hydrogen-bond acceptors (Lipinski definition) is 4. The van der Waals surface area contributed by atoms with Gasteiger partial charge in [-0.25, -0.2) is 0 Å². The molecule has 0 N–H and O–H groups in total. The topological polar surface area (TPSA) is 58.6 Å². The number of nitrogens with zero attached hydrogens (tertiary/aromatic N) is 1. The highest BCUT2D eigenvalue weighted by atomic mass is 31.2. The summed E-state index contributed by atoms with van der Waals surface area (Å²) in [4.78, 5) is 9.95. The molecule has 0 bridgehead atoms. The van der Waals surface area contributed by atoms with Crippen molar-refractivity contribution in [3.63, 3.8) is 0 Å². The van der Waals surface area contributed by atoms with Gasteiger partial charge < -0.3 is 18.4 Å². The molecular formula is C6H18NO4P. The molecule has 0 spiro atoms. The van der Waals surface area contributed by atoms with E-state index in [-0.39, 0.29) is 0 Å². The first-order valence-corrected chi connectivity index (χ1v) is 4.80. The number of quaternary nitrogens is 1. The van der Waals surface area contributed by atoms with Crippen molar-refractivity contribution in [1.82, 2.24) is 0 Å². The van der Waals surface area contributed by atoms with Gasteiger partial charge in [-0.1, -0.05) is 0 Å². The highest BCUT2D eigenvalue weighted by molar-refractivity contribution is 7.45. The molecular weight excluding hydrogens is 181 g/mol. The molecule has 12 heavy (non-hydrogen) atoms. The Bertz CT molecular complexity index is 140. The minimum Gasteiger partial charge on any atom is -0.756 e. The molecule has 0 saturated heterocycles. The van der Waals surface area contributed by atoms with Gasteiger partial charge in [-0.3, -0.25) is 4.57 Å². The van der Waals surface area contributed by atoms with Gasteiger partial charge in [0.15, 0.2) is 0 Å². The Hall–Kier alpha value is 0.0700. The first kappa shape index (κ1) is 14.6. The van der Waals surface area contributed by atoms with Crippen molar-refractivity contribution in [2.45, 2.75) is 0 Å². The second kappa shape index (κ2) is 5.67. The van der Waals surface area contributed by atoms with Crippen LogP contribution in [0.4, 0.5) is 0 Å². The van der Waals surface area contributed by atoms with Crippen LogP contribution in [0, 0.1) is 0 Å². The molecule has 0 amide bonds. The smallest absolute Gasteiger partial charge is 0.267 e. The van der Waals surface area contributed by atoms with Crippen LogP contribution in [-0.2, 0) is 13.6 Å². The monoisotopic (exact) mass is 199 g/mol. The summed E-state index contributed by atoms with van der Waals surface area (Å²) in [6, 6.07) is 0. The van der Waals surface area contributed by atoms with Crippen LogP contribution in [0.3, 0.4) is 0 Å². The van der Waals surface area contributed by atoms with Crippen molar-refractivity contribution in [3.8, 4) is 0 Å². The molecule has 76 valence electrons. The Morgan fingerprint density at radius 2 is 1.25 bits per heavy atom. The largest absolute Gasteiger partial charge is 0.756 e. The summed E-state index contributed by atoms with van der Waals surface area (Å²) >= 11 is 0. The fourth-order valence-corrected chi connectivity index (χ4v) is 0.224. The molecule has 0 aromatic rings. The molecule has 0 radical (unpaired) electrons. The van der Waals surface area contributed by atoms with Gasteiger partial charge in [-0.2, -0.15) is 0 Å². The van der Waals surface area contributed by atoms with Gasteiger partial charge in [0, 0.05) is 14.2 Å². The van der Waals surface area contributed by atoms with E-state index in [2.05, 4.69) is 37.2 Å². The van der Waals surface area contributed by atoms with Crippen molar-refractivity contribution in [2.75, 3.05) is 42.4 Å². The average Bonchev–Trinajstić information content (AvgIpc) is 1.85. The van der Waals surface area contributed by atoms with E-state index in [0.29, 0.717) is 0 Å². The van der Waals surface area contributed by atoms with Crippen molar-refractivity contribution in [3.05, 3.63) is 0 Å². The molecule has 0 fully saturated rings. The summed E-state index contributed by atoms with van der Waals surface area (Å²) in [5.41, 5.74) is 0. The Morgan fingerprint density at radius 1 is 1.08 bits per heavy atom. The maximum atomic E-state index is 9.95. The van der Waals surface area contributed by atoms with Crippen molar-refractivity contribution >= 4 is 7.82 Å². The summed E-state index contributed by atoms with van der Waals surface area (Å²) in [5, 5.41) is 0. The normalized spacial score (nSPS) is 11.9. The lowest BCUT2D eigenvalue weighted by molar-refractivity contribution is -0.849. The summed E-state index contributed by atoms with van der Waals surface area (Å²) in [7, 11) is 6.67. The summed E-state index contributed by atoms with van der Waals surface area (Å²) in [5.74, 6) is 0. The van der Waals surface area contributed by atoms with E-state index in [0.717, 1.165) is 18.7 Å². The maximum absolute atomic E-state index is 9.95. The SMILES string of the molecule is COP(=O)([O-])OC.C[N+](C)(C)C. The van der Waals surface area contributed by atoms with E-state index >= 15 is 0 Å². The average molecular weight is 199 g/mol. The minimum absolute atomic E-state index is 1.00. The van der Waals surface area contributed by atoms with E-state index in [1.165, 1.54) is 0 Å². The molecule has 0 unspecified atom stereocenters. The number of hydrogen-bond donors (Lipinski definition) is 0. The van der Waals surface area contributed by atoms with E-state index in [1.54, 1.807) is 0 Å². The second-order valence-electron chi connectivity index (χ2n) is 3.50. The van der Waals surface area contributed by atoms with Crippen LogP contribution >= 0.6 is 7.82 Å². The molecule has 0 aliphatic heterocycles. The Morgan fingerprint density at radius 3 is 1.25 bits per heavy atom. The fourth-order valence-electron chi connectivity index (χ4n) is 0.0745. The summed E-state index contributed by atoms with van der Waals surface area (Å²) < 4.78 is 18.7. The Balaban J connectivity index is 0. The number of phosphoric ester groups is 1. The molecule has 0 aromatic heterocycles. The predicted molar refractivity (Wildman–Crippen MR) is 45.6 cm³/mol. The zero-order valence-corrected chi connectivity index (χ0v) is 9.42. The first-order chi connectivity index (χ1) is 5.12. The van der Waals surface area contributed by atoms with Gasteiger partial charge in [-0.15, -0.1) is 0 Å². The molecule has 6 heteroatoms. The lowest BCUT2D eigenvalue weighted by Crippen LogP contribution is -2.27. The fraction of sp³-hybridized carbons (Fsp3) is 1.00. The number of rotatable bonds is 2. The highest BCUT2D eigenvalue weighted by Gasteiger charge is 1.98. The zero-order valence-electron chi connectivity index (χ0n) is 8.53. The molecule has 0 atom stereocenters. The molecule has 5 nitrogen and oxygen atoms in total. The quantitative estimate of drug-likeness (QED) is 0.466. The van der Waals surface area contributed by atoms with Crippen LogP contribution in [0.25, 0.3) is 0 Å². The Kier molecular flexibility index (Phi) is 6.89. The third-order valence-corrected chi connectivity index (χ3v) is 1.34. The predicted octanol–water partition coefficient (Wildman–Crippen LogP) is 0.0700. The maximum Gasteiger partial charge on any atom is 0.267 e. The van der Waals surface area contributed by atoms with Crippen LogP contribution in [0.2, 0.25) is 0 Å². The molecule has 0 aromatic carbocycles. The van der Waals surface area contributed by atoms with Gasteiger partial charge in [0.1, 0.15) is 0 Å². The van der Waals surface area contributed by atoms with Crippen LogP contribution < -0.4 is 4.89 Å². The van der Waals surface area contributed by atoms with Gasteiger partial charge in [0.05, 0.1) is 28.2 Å². The molecule has 0 heterocycles. The Labute approximate surface area is 74.1 Å². The van der Waals surface area contributed by atoms with Gasteiger partial charge in [0.2, 0.25) is 0 Å². The number of phosphoric acid groups is 1. The van der Waals surface area contributed by atoms with Crippen LogP contribution in [0.15, 0.2) is 0 Å². The second-order valence-corrected chi connectivity index (χ2v) is 5.12. The van der Waals surface area contributed by atoms with Crippen molar-refractivity contribution in [2.24, 2.45) is 0 Å². The van der Waals surface area contributed by atoms with Crippen LogP contribution in [-0.4, -0.2) is 46.9 Å². The van der Waals surface area contributed by atoms with E-state index in [9.17, 15) is 9.46 Å². The van der Waals surface area contributed by atoms with E-state index in [4.69, 9.17) is 0 Å². The molecule has 0 saturated carbocycles.